The number of aromatic nitrogens is 5. The second kappa shape index (κ2) is 5.20. The number of aryl methyl sites for hydroxylation is 1. The molecule has 1 N–H and O–H groups in total. The van der Waals surface area contributed by atoms with Crippen molar-refractivity contribution in [1.29, 1.82) is 0 Å². The molecule has 1 atom stereocenters. The lowest BCUT2D eigenvalue weighted by Crippen LogP contribution is -2.14. The summed E-state index contributed by atoms with van der Waals surface area (Å²) in [7, 11) is 0. The van der Waals surface area contributed by atoms with E-state index in [1.807, 2.05) is 13.8 Å². The first kappa shape index (κ1) is 14.7. The number of hydrogen-bond acceptors (Lipinski definition) is 6. The summed E-state index contributed by atoms with van der Waals surface area (Å²) < 4.78 is 39.1. The van der Waals surface area contributed by atoms with Crippen molar-refractivity contribution in [2.75, 3.05) is 5.32 Å². The minimum atomic E-state index is -4.61. The van der Waals surface area contributed by atoms with Gasteiger partial charge in [-0.25, -0.2) is 4.98 Å². The van der Waals surface area contributed by atoms with Gasteiger partial charge in [-0.1, -0.05) is 0 Å². The normalized spacial score (nSPS) is 13.5. The van der Waals surface area contributed by atoms with Crippen LogP contribution >= 0.6 is 11.3 Å². The minimum Gasteiger partial charge on any atom is -0.360 e. The molecule has 0 radical (unpaired) electrons. The number of rotatable bonds is 3. The third kappa shape index (κ3) is 2.73. The molecule has 3 aromatic heterocycles. The van der Waals surface area contributed by atoms with Gasteiger partial charge in [0.2, 0.25) is 0 Å². The summed E-state index contributed by atoms with van der Waals surface area (Å²) in [5, 5.41) is 14.4. The number of nitrogens with zero attached hydrogens (tertiary/aromatic N) is 5. The molecule has 116 valence electrons. The molecule has 0 saturated carbocycles. The highest BCUT2D eigenvalue weighted by Gasteiger charge is 2.37. The van der Waals surface area contributed by atoms with Gasteiger partial charge in [-0.3, -0.25) is 0 Å². The Labute approximate surface area is 127 Å². The molecule has 0 aromatic carbocycles. The van der Waals surface area contributed by atoms with Gasteiger partial charge < -0.3 is 5.32 Å². The maximum absolute atomic E-state index is 12.8. The molecule has 0 unspecified atom stereocenters. The summed E-state index contributed by atoms with van der Waals surface area (Å²) in [5.41, 5.74) is 0.0376. The highest BCUT2D eigenvalue weighted by Crippen LogP contribution is 2.28. The van der Waals surface area contributed by atoms with E-state index in [4.69, 9.17) is 0 Å². The lowest BCUT2D eigenvalue weighted by molar-refractivity contribution is -0.146. The molecular formula is C12H11F3N6S. The predicted octanol–water partition coefficient (Wildman–Crippen LogP) is 3.08. The van der Waals surface area contributed by atoms with Gasteiger partial charge in [0.25, 0.3) is 5.82 Å². The fourth-order valence-electron chi connectivity index (χ4n) is 1.90. The molecule has 3 rings (SSSR count). The first-order valence-corrected chi connectivity index (χ1v) is 7.15. The molecule has 0 fully saturated rings. The number of alkyl halides is 3. The van der Waals surface area contributed by atoms with Crippen LogP contribution in [0.1, 0.15) is 28.7 Å². The van der Waals surface area contributed by atoms with E-state index < -0.39 is 12.0 Å². The third-order valence-electron chi connectivity index (χ3n) is 2.89. The van der Waals surface area contributed by atoms with Crippen LogP contribution in [0.5, 0.6) is 0 Å². The van der Waals surface area contributed by atoms with Crippen LogP contribution in [0, 0.1) is 6.92 Å². The van der Waals surface area contributed by atoms with Crippen LogP contribution in [0.4, 0.5) is 19.0 Å². The van der Waals surface area contributed by atoms with Crippen LogP contribution in [0.2, 0.25) is 0 Å². The number of halogens is 3. The monoisotopic (exact) mass is 328 g/mol. The van der Waals surface area contributed by atoms with E-state index in [0.717, 1.165) is 9.88 Å². The predicted molar refractivity (Wildman–Crippen MR) is 74.7 cm³/mol. The first-order valence-electron chi connectivity index (χ1n) is 6.33. The van der Waals surface area contributed by atoms with E-state index in [-0.39, 0.29) is 17.5 Å². The molecule has 0 saturated heterocycles. The van der Waals surface area contributed by atoms with E-state index in [0.29, 0.717) is 4.52 Å². The zero-order valence-electron chi connectivity index (χ0n) is 11.6. The number of anilines is 1. The van der Waals surface area contributed by atoms with Crippen LogP contribution in [-0.4, -0.2) is 24.8 Å². The molecule has 0 aliphatic carbocycles. The fourth-order valence-corrected chi connectivity index (χ4v) is 2.67. The average molecular weight is 328 g/mol. The Bertz CT molecular complexity index is 809. The molecule has 0 amide bonds. The minimum absolute atomic E-state index is 0.0376. The fraction of sp³-hybridized carbons (Fsp3) is 0.333. The highest BCUT2D eigenvalue weighted by atomic mass is 32.1. The van der Waals surface area contributed by atoms with Crippen LogP contribution < -0.4 is 5.32 Å². The van der Waals surface area contributed by atoms with Crippen molar-refractivity contribution in [3.05, 3.63) is 34.0 Å². The largest absolute Gasteiger partial charge is 0.453 e. The number of thiazole rings is 1. The van der Waals surface area contributed by atoms with Crippen LogP contribution in [0.3, 0.4) is 0 Å². The topological polar surface area (TPSA) is 68.0 Å². The van der Waals surface area contributed by atoms with E-state index in [1.54, 1.807) is 12.3 Å². The molecule has 3 heterocycles. The zero-order chi connectivity index (χ0) is 15.9. The van der Waals surface area contributed by atoms with Crippen molar-refractivity contribution in [2.24, 2.45) is 0 Å². The van der Waals surface area contributed by atoms with Crippen molar-refractivity contribution in [3.8, 4) is 0 Å². The van der Waals surface area contributed by atoms with E-state index >= 15 is 0 Å². The molecule has 6 nitrogen and oxygen atoms in total. The van der Waals surface area contributed by atoms with Crippen LogP contribution in [0.15, 0.2) is 18.3 Å². The Kier molecular flexibility index (Phi) is 3.47. The van der Waals surface area contributed by atoms with Gasteiger partial charge in [0.15, 0.2) is 5.65 Å². The SMILES string of the molecule is Cc1cnc([C@H](C)Nc2ccc3nnc(C(F)(F)F)n3n2)s1. The van der Waals surface area contributed by atoms with E-state index in [1.165, 1.54) is 17.4 Å². The van der Waals surface area contributed by atoms with Crippen molar-refractivity contribution in [2.45, 2.75) is 26.1 Å². The molecule has 3 aromatic rings. The first-order chi connectivity index (χ1) is 10.3. The Balaban J connectivity index is 1.91. The lowest BCUT2D eigenvalue weighted by atomic mass is 10.3. The number of hydrogen-bond donors (Lipinski definition) is 1. The van der Waals surface area contributed by atoms with Gasteiger partial charge in [-0.15, -0.1) is 26.6 Å². The van der Waals surface area contributed by atoms with Crippen molar-refractivity contribution in [1.82, 2.24) is 24.8 Å². The number of fused-ring (bicyclic) bond motifs is 1. The molecule has 0 bridgehead atoms. The Hall–Kier alpha value is -2.23. The lowest BCUT2D eigenvalue weighted by Gasteiger charge is -2.12. The molecule has 0 aliphatic heterocycles. The third-order valence-corrected chi connectivity index (χ3v) is 3.99. The van der Waals surface area contributed by atoms with Gasteiger partial charge in [-0.2, -0.15) is 17.7 Å². The molecular weight excluding hydrogens is 317 g/mol. The zero-order valence-corrected chi connectivity index (χ0v) is 12.4. The van der Waals surface area contributed by atoms with E-state index in [2.05, 4.69) is 25.6 Å². The van der Waals surface area contributed by atoms with Gasteiger partial charge in [0, 0.05) is 11.1 Å². The quantitative estimate of drug-likeness (QED) is 0.800. The van der Waals surface area contributed by atoms with Gasteiger partial charge in [-0.05, 0) is 26.0 Å². The Morgan fingerprint density at radius 2 is 2.05 bits per heavy atom. The summed E-state index contributed by atoms with van der Waals surface area (Å²) >= 11 is 1.51. The molecule has 10 heteroatoms. The standard InChI is InChI=1S/C12H11F3N6S/c1-6-5-16-10(22-6)7(2)17-8-3-4-9-18-19-11(12(13,14)15)21(9)20-8/h3-5,7H,1-2H3,(H,17,20)/t7-/m0/s1. The van der Waals surface area contributed by atoms with Crippen molar-refractivity contribution in [3.63, 3.8) is 0 Å². The van der Waals surface area contributed by atoms with Crippen molar-refractivity contribution >= 4 is 22.8 Å². The van der Waals surface area contributed by atoms with E-state index in [9.17, 15) is 13.2 Å². The maximum atomic E-state index is 12.8. The summed E-state index contributed by atoms with van der Waals surface area (Å²) in [6, 6.07) is 2.81. The summed E-state index contributed by atoms with van der Waals surface area (Å²) in [4.78, 5) is 5.30. The van der Waals surface area contributed by atoms with Gasteiger partial charge in [0.1, 0.15) is 10.8 Å². The summed E-state index contributed by atoms with van der Waals surface area (Å²) in [5.74, 6) is -0.859. The Morgan fingerprint density at radius 3 is 2.68 bits per heavy atom. The smallest absolute Gasteiger partial charge is 0.360 e. The second-order valence-electron chi connectivity index (χ2n) is 4.69. The number of nitrogens with one attached hydrogen (secondary N) is 1. The molecule has 22 heavy (non-hydrogen) atoms. The second-order valence-corrected chi connectivity index (χ2v) is 5.95. The van der Waals surface area contributed by atoms with Crippen molar-refractivity contribution < 1.29 is 13.2 Å². The average Bonchev–Trinajstić information content (AvgIpc) is 3.03. The molecule has 0 spiro atoms. The molecule has 0 aliphatic rings. The highest BCUT2D eigenvalue weighted by molar-refractivity contribution is 7.11. The van der Waals surface area contributed by atoms with Crippen LogP contribution in [0.25, 0.3) is 5.65 Å². The van der Waals surface area contributed by atoms with Crippen LogP contribution in [-0.2, 0) is 6.18 Å². The van der Waals surface area contributed by atoms with Gasteiger partial charge in [0.05, 0.1) is 6.04 Å². The summed E-state index contributed by atoms with van der Waals surface area (Å²) in [6.07, 6.45) is -2.86. The maximum Gasteiger partial charge on any atom is 0.453 e. The summed E-state index contributed by atoms with van der Waals surface area (Å²) in [6.45, 7) is 3.80. The van der Waals surface area contributed by atoms with Gasteiger partial charge >= 0.3 is 6.18 Å². The Morgan fingerprint density at radius 1 is 1.27 bits per heavy atom.